The van der Waals surface area contributed by atoms with Gasteiger partial charge in [0.25, 0.3) is 0 Å². The third-order valence-corrected chi connectivity index (χ3v) is 4.81. The van der Waals surface area contributed by atoms with Crippen LogP contribution in [0, 0.1) is 0 Å². The molecular formula is C13H17F3N2O2S. The normalized spacial score (nSPS) is 17.0. The van der Waals surface area contributed by atoms with Crippen LogP contribution in [0.4, 0.5) is 18.9 Å². The number of halogens is 3. The smallest absolute Gasteiger partial charge is 0.385 e. The molecule has 0 radical (unpaired) electrons. The van der Waals surface area contributed by atoms with Crippen molar-refractivity contribution in [2.24, 2.45) is 0 Å². The number of aryl methyl sites for hydroxylation is 1. The van der Waals surface area contributed by atoms with Gasteiger partial charge in [0.2, 0.25) is 10.0 Å². The van der Waals surface area contributed by atoms with Crippen molar-refractivity contribution in [3.8, 4) is 0 Å². The lowest BCUT2D eigenvalue weighted by atomic mass is 10.0. The molecule has 1 unspecified atom stereocenters. The van der Waals surface area contributed by atoms with Crippen molar-refractivity contribution < 1.29 is 21.6 Å². The standard InChI is InChI=1S/C13H17F3N2O2S/c1-9(8-13(14,15)16)18-21(19,20)11-4-5-12-10(7-11)3-2-6-17-12/h4-5,7,9,17-18H,2-3,6,8H2,1H3. The maximum atomic E-state index is 12.3. The van der Waals surface area contributed by atoms with Gasteiger partial charge >= 0.3 is 6.18 Å². The summed E-state index contributed by atoms with van der Waals surface area (Å²) in [6.45, 7) is 2.03. The van der Waals surface area contributed by atoms with Gasteiger partial charge in [0.1, 0.15) is 0 Å². The van der Waals surface area contributed by atoms with E-state index in [0.29, 0.717) is 0 Å². The molecule has 0 aromatic heterocycles. The summed E-state index contributed by atoms with van der Waals surface area (Å²) in [6.07, 6.45) is -3.95. The van der Waals surface area contributed by atoms with Crippen molar-refractivity contribution in [2.45, 2.75) is 43.3 Å². The van der Waals surface area contributed by atoms with Crippen LogP contribution < -0.4 is 10.0 Å². The third-order valence-electron chi connectivity index (χ3n) is 3.22. The fraction of sp³-hybridized carbons (Fsp3) is 0.538. The van der Waals surface area contributed by atoms with Gasteiger partial charge in [-0.3, -0.25) is 0 Å². The molecule has 0 spiro atoms. The number of rotatable bonds is 4. The molecule has 0 amide bonds. The molecule has 1 aliphatic heterocycles. The van der Waals surface area contributed by atoms with E-state index >= 15 is 0 Å². The highest BCUT2D eigenvalue weighted by Crippen LogP contribution is 2.26. The molecule has 4 nitrogen and oxygen atoms in total. The van der Waals surface area contributed by atoms with Crippen molar-refractivity contribution in [1.29, 1.82) is 0 Å². The molecule has 0 aliphatic carbocycles. The second-order valence-electron chi connectivity index (χ2n) is 5.19. The quantitative estimate of drug-likeness (QED) is 0.896. The van der Waals surface area contributed by atoms with E-state index < -0.39 is 28.7 Å². The Kier molecular flexibility index (Phi) is 4.48. The van der Waals surface area contributed by atoms with Crippen molar-refractivity contribution in [2.75, 3.05) is 11.9 Å². The molecular weight excluding hydrogens is 305 g/mol. The molecule has 1 aliphatic rings. The number of hydrogen-bond acceptors (Lipinski definition) is 3. The molecule has 118 valence electrons. The highest BCUT2D eigenvalue weighted by Gasteiger charge is 2.32. The molecule has 8 heteroatoms. The molecule has 2 rings (SSSR count). The van der Waals surface area contributed by atoms with E-state index in [-0.39, 0.29) is 4.90 Å². The number of alkyl halides is 3. The number of sulfonamides is 1. The van der Waals surface area contributed by atoms with Crippen molar-refractivity contribution in [1.82, 2.24) is 4.72 Å². The molecule has 0 fully saturated rings. The SMILES string of the molecule is CC(CC(F)(F)F)NS(=O)(=O)c1ccc2c(c1)CCCN2. The Morgan fingerprint density at radius 2 is 2.10 bits per heavy atom. The summed E-state index contributed by atoms with van der Waals surface area (Å²) < 4.78 is 63.1. The second kappa shape index (κ2) is 5.84. The Bertz CT molecular complexity index is 614. The summed E-state index contributed by atoms with van der Waals surface area (Å²) in [5.41, 5.74) is 1.75. The van der Waals surface area contributed by atoms with E-state index in [1.807, 2.05) is 0 Å². The van der Waals surface area contributed by atoms with Crippen LogP contribution >= 0.6 is 0 Å². The fourth-order valence-electron chi connectivity index (χ4n) is 2.34. The van der Waals surface area contributed by atoms with Crippen LogP contribution in [0.5, 0.6) is 0 Å². The van der Waals surface area contributed by atoms with Gasteiger partial charge in [-0.2, -0.15) is 13.2 Å². The van der Waals surface area contributed by atoms with Gasteiger partial charge in [0, 0.05) is 18.3 Å². The topological polar surface area (TPSA) is 58.2 Å². The first-order valence-corrected chi connectivity index (χ1v) is 8.11. The van der Waals surface area contributed by atoms with E-state index in [1.165, 1.54) is 19.1 Å². The second-order valence-corrected chi connectivity index (χ2v) is 6.90. The lowest BCUT2D eigenvalue weighted by Gasteiger charge is -2.20. The molecule has 0 saturated carbocycles. The zero-order chi connectivity index (χ0) is 15.7. The minimum atomic E-state index is -4.40. The summed E-state index contributed by atoms with van der Waals surface area (Å²) in [7, 11) is -3.94. The van der Waals surface area contributed by atoms with Gasteiger partial charge < -0.3 is 5.32 Å². The average molecular weight is 322 g/mol. The first-order chi connectivity index (χ1) is 9.67. The molecule has 21 heavy (non-hydrogen) atoms. The zero-order valence-electron chi connectivity index (χ0n) is 11.5. The molecule has 2 N–H and O–H groups in total. The largest absolute Gasteiger partial charge is 0.390 e. The summed E-state index contributed by atoms with van der Waals surface area (Å²) in [4.78, 5) is -0.000950. The molecule has 0 saturated heterocycles. The Morgan fingerprint density at radius 3 is 2.76 bits per heavy atom. The van der Waals surface area contributed by atoms with Gasteiger partial charge in [-0.25, -0.2) is 13.1 Å². The third kappa shape index (κ3) is 4.34. The van der Waals surface area contributed by atoms with Crippen LogP contribution in [-0.4, -0.2) is 27.2 Å². The monoisotopic (exact) mass is 322 g/mol. The predicted octanol–water partition coefficient (Wildman–Crippen LogP) is 2.66. The maximum absolute atomic E-state index is 12.3. The first-order valence-electron chi connectivity index (χ1n) is 6.63. The number of fused-ring (bicyclic) bond motifs is 1. The van der Waals surface area contributed by atoms with E-state index in [1.54, 1.807) is 6.07 Å². The summed E-state index contributed by atoms with van der Waals surface area (Å²) in [5, 5.41) is 3.15. The summed E-state index contributed by atoms with van der Waals surface area (Å²) in [5.74, 6) is 0. The van der Waals surface area contributed by atoms with Crippen LogP contribution in [-0.2, 0) is 16.4 Å². The Hall–Kier alpha value is -1.28. The minimum Gasteiger partial charge on any atom is -0.385 e. The van der Waals surface area contributed by atoms with Crippen molar-refractivity contribution in [3.63, 3.8) is 0 Å². The lowest BCUT2D eigenvalue weighted by Crippen LogP contribution is -2.36. The molecule has 1 aromatic carbocycles. The maximum Gasteiger partial charge on any atom is 0.390 e. The molecule has 1 heterocycles. The lowest BCUT2D eigenvalue weighted by molar-refractivity contribution is -0.137. The van der Waals surface area contributed by atoms with Crippen molar-refractivity contribution >= 4 is 15.7 Å². The average Bonchev–Trinajstić information content (AvgIpc) is 2.35. The Morgan fingerprint density at radius 1 is 1.38 bits per heavy atom. The highest BCUT2D eigenvalue weighted by molar-refractivity contribution is 7.89. The van der Waals surface area contributed by atoms with Crippen molar-refractivity contribution in [3.05, 3.63) is 23.8 Å². The molecule has 1 aromatic rings. The summed E-state index contributed by atoms with van der Waals surface area (Å²) in [6, 6.07) is 3.37. The van der Waals surface area contributed by atoms with Gasteiger partial charge in [-0.1, -0.05) is 0 Å². The number of anilines is 1. The zero-order valence-corrected chi connectivity index (χ0v) is 12.3. The van der Waals surface area contributed by atoms with Crippen LogP contribution in [0.1, 0.15) is 25.3 Å². The highest BCUT2D eigenvalue weighted by atomic mass is 32.2. The Labute approximate surface area is 121 Å². The number of benzene rings is 1. The van der Waals surface area contributed by atoms with Crippen LogP contribution in [0.15, 0.2) is 23.1 Å². The number of nitrogens with one attached hydrogen (secondary N) is 2. The van der Waals surface area contributed by atoms with Gasteiger partial charge in [-0.15, -0.1) is 0 Å². The van der Waals surface area contributed by atoms with Gasteiger partial charge in [-0.05, 0) is 43.5 Å². The Balaban J connectivity index is 2.16. The molecule has 0 bridgehead atoms. The summed E-state index contributed by atoms with van der Waals surface area (Å²) >= 11 is 0. The fourth-order valence-corrected chi connectivity index (χ4v) is 3.63. The van der Waals surface area contributed by atoms with E-state index in [0.717, 1.165) is 30.6 Å². The first kappa shape index (κ1) is 16.1. The van der Waals surface area contributed by atoms with Crippen LogP contribution in [0.25, 0.3) is 0 Å². The van der Waals surface area contributed by atoms with E-state index in [4.69, 9.17) is 0 Å². The molecule has 1 atom stereocenters. The van der Waals surface area contributed by atoms with Gasteiger partial charge in [0.15, 0.2) is 0 Å². The van der Waals surface area contributed by atoms with E-state index in [2.05, 4.69) is 10.0 Å². The minimum absolute atomic E-state index is 0.000950. The van der Waals surface area contributed by atoms with Gasteiger partial charge in [0.05, 0.1) is 11.3 Å². The van der Waals surface area contributed by atoms with E-state index in [9.17, 15) is 21.6 Å². The predicted molar refractivity (Wildman–Crippen MR) is 73.7 cm³/mol. The number of hydrogen-bond donors (Lipinski definition) is 2. The van der Waals surface area contributed by atoms with Crippen LogP contribution in [0.3, 0.4) is 0 Å². The van der Waals surface area contributed by atoms with Crippen LogP contribution in [0.2, 0.25) is 0 Å².